The highest BCUT2D eigenvalue weighted by Gasteiger charge is 2.28. The van der Waals surface area contributed by atoms with Crippen molar-refractivity contribution in [3.8, 4) is 5.75 Å². The van der Waals surface area contributed by atoms with E-state index in [0.717, 1.165) is 12.8 Å². The minimum atomic E-state index is -0.477. The molecule has 0 aromatic heterocycles. The van der Waals surface area contributed by atoms with Crippen LogP contribution in [0, 0.1) is 16.0 Å². The number of amides is 1. The summed E-state index contributed by atoms with van der Waals surface area (Å²) in [6.45, 7) is 3.24. The van der Waals surface area contributed by atoms with Gasteiger partial charge >= 0.3 is 0 Å². The summed E-state index contributed by atoms with van der Waals surface area (Å²) in [5, 5.41) is 10.6. The Labute approximate surface area is 141 Å². The zero-order valence-electron chi connectivity index (χ0n) is 13.0. The molecule has 8 heteroatoms. The molecule has 1 aromatic carbocycles. The van der Waals surface area contributed by atoms with Crippen LogP contribution in [-0.2, 0) is 4.79 Å². The largest absolute Gasteiger partial charge is 0.484 e. The number of piperidine rings is 1. The van der Waals surface area contributed by atoms with Crippen LogP contribution in [0.3, 0.4) is 0 Å². The van der Waals surface area contributed by atoms with Crippen LogP contribution in [0.2, 0.25) is 0 Å². The third kappa shape index (κ3) is 5.07. The number of likely N-dealkylation sites (tertiary alicyclic amines) is 1. The van der Waals surface area contributed by atoms with Crippen LogP contribution < -0.4 is 10.5 Å². The van der Waals surface area contributed by atoms with E-state index in [4.69, 9.17) is 10.5 Å². The number of non-ortho nitro benzene ring substituents is 1. The molecule has 2 atom stereocenters. The van der Waals surface area contributed by atoms with Crippen LogP contribution in [0.5, 0.6) is 5.75 Å². The number of nitro groups is 1. The van der Waals surface area contributed by atoms with Gasteiger partial charge in [-0.05, 0) is 30.9 Å². The predicted molar refractivity (Wildman–Crippen MR) is 88.8 cm³/mol. The Morgan fingerprint density at radius 2 is 2.09 bits per heavy atom. The first-order chi connectivity index (χ1) is 10.5. The molecule has 0 aliphatic carbocycles. The predicted octanol–water partition coefficient (Wildman–Crippen LogP) is 1.98. The number of nitro benzene ring substituents is 1. The molecule has 1 aromatic rings. The molecule has 2 unspecified atom stereocenters. The molecule has 2 N–H and O–H groups in total. The molecule has 1 fully saturated rings. The SMILES string of the molecule is CC1CCN(C(=O)COc2ccc([N+](=O)[O-])cc2)C(CN)C1.Cl. The van der Waals surface area contributed by atoms with Gasteiger partial charge in [0.05, 0.1) is 4.92 Å². The summed E-state index contributed by atoms with van der Waals surface area (Å²) in [6, 6.07) is 5.75. The molecular weight excluding hydrogens is 322 g/mol. The van der Waals surface area contributed by atoms with Crippen molar-refractivity contribution < 1.29 is 14.5 Å². The third-order valence-corrected chi connectivity index (χ3v) is 3.98. The number of halogens is 1. The van der Waals surface area contributed by atoms with Gasteiger partial charge in [-0.15, -0.1) is 12.4 Å². The van der Waals surface area contributed by atoms with Crippen molar-refractivity contribution in [2.45, 2.75) is 25.8 Å². The summed E-state index contributed by atoms with van der Waals surface area (Å²) in [7, 11) is 0. The molecule has 1 amide bonds. The number of nitrogens with zero attached hydrogens (tertiary/aromatic N) is 2. The fourth-order valence-corrected chi connectivity index (χ4v) is 2.70. The van der Waals surface area contributed by atoms with Crippen LogP contribution >= 0.6 is 12.4 Å². The van der Waals surface area contributed by atoms with E-state index in [1.54, 1.807) is 4.90 Å². The number of ether oxygens (including phenoxy) is 1. The van der Waals surface area contributed by atoms with Gasteiger partial charge in [0, 0.05) is 31.3 Å². The van der Waals surface area contributed by atoms with Crippen LogP contribution in [-0.4, -0.2) is 41.5 Å². The van der Waals surface area contributed by atoms with Gasteiger partial charge in [0.25, 0.3) is 11.6 Å². The van der Waals surface area contributed by atoms with Gasteiger partial charge in [-0.3, -0.25) is 14.9 Å². The Morgan fingerprint density at radius 3 is 2.65 bits per heavy atom. The van der Waals surface area contributed by atoms with E-state index in [2.05, 4.69) is 6.92 Å². The molecule has 128 valence electrons. The van der Waals surface area contributed by atoms with Crippen molar-refractivity contribution in [1.29, 1.82) is 0 Å². The molecule has 23 heavy (non-hydrogen) atoms. The number of carbonyl (C=O) groups is 1. The van der Waals surface area contributed by atoms with E-state index in [1.807, 2.05) is 0 Å². The number of carbonyl (C=O) groups excluding carboxylic acids is 1. The second kappa shape index (κ2) is 8.69. The highest BCUT2D eigenvalue weighted by molar-refractivity contribution is 5.85. The second-order valence-electron chi connectivity index (χ2n) is 5.65. The van der Waals surface area contributed by atoms with Crippen molar-refractivity contribution in [2.75, 3.05) is 19.7 Å². The molecule has 7 nitrogen and oxygen atoms in total. The topological polar surface area (TPSA) is 98.7 Å². The van der Waals surface area contributed by atoms with E-state index in [9.17, 15) is 14.9 Å². The first kappa shape index (κ1) is 19.2. The van der Waals surface area contributed by atoms with Gasteiger partial charge in [-0.25, -0.2) is 0 Å². The lowest BCUT2D eigenvalue weighted by molar-refractivity contribution is -0.384. The molecule has 1 aliphatic rings. The summed E-state index contributed by atoms with van der Waals surface area (Å²) < 4.78 is 5.42. The number of hydrogen-bond donors (Lipinski definition) is 1. The van der Waals surface area contributed by atoms with Crippen molar-refractivity contribution in [3.63, 3.8) is 0 Å². The Kier molecular flexibility index (Phi) is 7.25. The monoisotopic (exact) mass is 343 g/mol. The summed E-state index contributed by atoms with van der Waals surface area (Å²) >= 11 is 0. The third-order valence-electron chi connectivity index (χ3n) is 3.98. The quantitative estimate of drug-likeness (QED) is 0.651. The second-order valence-corrected chi connectivity index (χ2v) is 5.65. The number of hydrogen-bond acceptors (Lipinski definition) is 5. The standard InChI is InChI=1S/C15H21N3O4.ClH/c1-11-6-7-17(13(8-11)9-16)15(19)10-22-14-4-2-12(3-5-14)18(20)21;/h2-5,11,13H,6-10,16H2,1H3;1H. The lowest BCUT2D eigenvalue weighted by atomic mass is 9.92. The average molecular weight is 344 g/mol. The Hall–Kier alpha value is -1.86. The Bertz CT molecular complexity index is 538. The minimum Gasteiger partial charge on any atom is -0.484 e. The normalized spacial score (nSPS) is 20.5. The van der Waals surface area contributed by atoms with Gasteiger partial charge in [0.15, 0.2) is 6.61 Å². The van der Waals surface area contributed by atoms with Gasteiger partial charge in [0.1, 0.15) is 5.75 Å². The molecule has 1 aliphatic heterocycles. The number of rotatable bonds is 5. The zero-order valence-corrected chi connectivity index (χ0v) is 13.8. The molecule has 0 saturated carbocycles. The van der Waals surface area contributed by atoms with Crippen LogP contribution in [0.15, 0.2) is 24.3 Å². The van der Waals surface area contributed by atoms with E-state index in [0.29, 0.717) is 24.8 Å². The van der Waals surface area contributed by atoms with Crippen molar-refractivity contribution >= 4 is 24.0 Å². The first-order valence-electron chi connectivity index (χ1n) is 7.38. The highest BCUT2D eigenvalue weighted by atomic mass is 35.5. The smallest absolute Gasteiger partial charge is 0.269 e. The molecule has 2 rings (SSSR count). The molecule has 1 heterocycles. The minimum absolute atomic E-state index is 0. The highest BCUT2D eigenvalue weighted by Crippen LogP contribution is 2.22. The maximum absolute atomic E-state index is 12.3. The Balaban J connectivity index is 0.00000264. The fraction of sp³-hybridized carbons (Fsp3) is 0.533. The summed E-state index contributed by atoms with van der Waals surface area (Å²) in [6.07, 6.45) is 1.89. The molecule has 1 saturated heterocycles. The van der Waals surface area contributed by atoms with E-state index in [-0.39, 0.29) is 36.7 Å². The van der Waals surface area contributed by atoms with Crippen LogP contribution in [0.4, 0.5) is 5.69 Å². The first-order valence-corrected chi connectivity index (χ1v) is 7.38. The molecule has 0 bridgehead atoms. The summed E-state index contributed by atoms with van der Waals surface area (Å²) in [5.74, 6) is 0.919. The molecular formula is C15H22ClN3O4. The number of benzene rings is 1. The average Bonchev–Trinajstić information content (AvgIpc) is 2.52. The van der Waals surface area contributed by atoms with E-state index < -0.39 is 4.92 Å². The van der Waals surface area contributed by atoms with Gasteiger partial charge in [0.2, 0.25) is 0 Å². The molecule has 0 radical (unpaired) electrons. The van der Waals surface area contributed by atoms with Gasteiger partial charge in [-0.1, -0.05) is 6.92 Å². The maximum Gasteiger partial charge on any atom is 0.269 e. The van der Waals surface area contributed by atoms with E-state index >= 15 is 0 Å². The lowest BCUT2D eigenvalue weighted by Crippen LogP contribution is -2.50. The van der Waals surface area contributed by atoms with E-state index in [1.165, 1.54) is 24.3 Å². The molecule has 0 spiro atoms. The van der Waals surface area contributed by atoms with Gasteiger partial charge in [-0.2, -0.15) is 0 Å². The van der Waals surface area contributed by atoms with Crippen molar-refractivity contribution in [3.05, 3.63) is 34.4 Å². The maximum atomic E-state index is 12.3. The van der Waals surface area contributed by atoms with Crippen LogP contribution in [0.25, 0.3) is 0 Å². The Morgan fingerprint density at radius 1 is 1.43 bits per heavy atom. The summed E-state index contributed by atoms with van der Waals surface area (Å²) in [5.41, 5.74) is 5.74. The summed E-state index contributed by atoms with van der Waals surface area (Å²) in [4.78, 5) is 24.1. The fourth-order valence-electron chi connectivity index (χ4n) is 2.70. The van der Waals surface area contributed by atoms with Crippen molar-refractivity contribution in [2.24, 2.45) is 11.7 Å². The van der Waals surface area contributed by atoms with Crippen molar-refractivity contribution in [1.82, 2.24) is 4.90 Å². The zero-order chi connectivity index (χ0) is 16.1. The lowest BCUT2D eigenvalue weighted by Gasteiger charge is -2.37. The number of nitrogens with two attached hydrogens (primary N) is 1. The van der Waals surface area contributed by atoms with Gasteiger partial charge < -0.3 is 15.4 Å². The van der Waals surface area contributed by atoms with Crippen LogP contribution in [0.1, 0.15) is 19.8 Å².